The van der Waals surface area contributed by atoms with Crippen LogP contribution in [0, 0.1) is 0 Å². The lowest BCUT2D eigenvalue weighted by Crippen LogP contribution is -2.25. The SMILES string of the molecule is O=P(c1ccccc1)(c1ccccc1)c1cccc(CCl)c1. The normalized spacial score (nSPS) is 11.3. The molecule has 0 aromatic heterocycles. The predicted octanol–water partition coefficient (Wildman–Crippen LogP) is 4.06. The monoisotopic (exact) mass is 326 g/mol. The highest BCUT2D eigenvalue weighted by atomic mass is 35.5. The molecule has 3 rings (SSSR count). The van der Waals surface area contributed by atoms with Crippen LogP contribution in [0.1, 0.15) is 5.56 Å². The zero-order chi connectivity index (χ0) is 15.4. The van der Waals surface area contributed by atoms with Gasteiger partial charge in [-0.15, -0.1) is 11.6 Å². The summed E-state index contributed by atoms with van der Waals surface area (Å²) in [6, 6.07) is 27.1. The Balaban J connectivity index is 2.26. The molecule has 0 fully saturated rings. The van der Waals surface area contributed by atoms with Crippen molar-refractivity contribution in [2.24, 2.45) is 0 Å². The van der Waals surface area contributed by atoms with Gasteiger partial charge in [-0.2, -0.15) is 0 Å². The second-order valence-corrected chi connectivity index (χ2v) is 8.12. The molecule has 0 aliphatic rings. The summed E-state index contributed by atoms with van der Waals surface area (Å²) < 4.78 is 14.0. The third-order valence-corrected chi connectivity index (χ3v) is 7.03. The van der Waals surface area contributed by atoms with E-state index in [2.05, 4.69) is 0 Å². The van der Waals surface area contributed by atoms with Gasteiger partial charge in [0.25, 0.3) is 0 Å². The molecule has 110 valence electrons. The molecule has 3 aromatic rings. The van der Waals surface area contributed by atoms with E-state index in [-0.39, 0.29) is 0 Å². The smallest absolute Gasteiger partial charge is 0.171 e. The highest BCUT2D eigenvalue weighted by molar-refractivity contribution is 7.85. The van der Waals surface area contributed by atoms with E-state index >= 15 is 0 Å². The summed E-state index contributed by atoms with van der Waals surface area (Å²) in [5.74, 6) is 0.414. The molecule has 0 aliphatic heterocycles. The molecule has 0 unspecified atom stereocenters. The van der Waals surface area contributed by atoms with Crippen molar-refractivity contribution in [3.8, 4) is 0 Å². The van der Waals surface area contributed by atoms with Crippen molar-refractivity contribution in [3.63, 3.8) is 0 Å². The lowest BCUT2D eigenvalue weighted by molar-refractivity contribution is 0.592. The molecule has 3 aromatic carbocycles. The molecular weight excluding hydrogens is 311 g/mol. The van der Waals surface area contributed by atoms with Crippen molar-refractivity contribution in [1.82, 2.24) is 0 Å². The molecule has 0 spiro atoms. The zero-order valence-corrected chi connectivity index (χ0v) is 13.7. The van der Waals surface area contributed by atoms with E-state index in [1.807, 2.05) is 84.9 Å². The van der Waals surface area contributed by atoms with Gasteiger partial charge in [-0.3, -0.25) is 0 Å². The van der Waals surface area contributed by atoms with Crippen LogP contribution in [0.25, 0.3) is 0 Å². The van der Waals surface area contributed by atoms with Crippen LogP contribution >= 0.6 is 18.7 Å². The largest absolute Gasteiger partial charge is 0.309 e. The van der Waals surface area contributed by atoms with Crippen LogP contribution in [0.3, 0.4) is 0 Å². The average molecular weight is 327 g/mol. The van der Waals surface area contributed by atoms with Gasteiger partial charge >= 0.3 is 0 Å². The maximum Gasteiger partial charge on any atom is 0.171 e. The summed E-state index contributed by atoms with van der Waals surface area (Å²) in [4.78, 5) is 0. The quantitative estimate of drug-likeness (QED) is 0.522. The van der Waals surface area contributed by atoms with Crippen LogP contribution in [0.2, 0.25) is 0 Å². The summed E-state index contributed by atoms with van der Waals surface area (Å²) >= 11 is 5.95. The van der Waals surface area contributed by atoms with E-state index in [9.17, 15) is 4.57 Å². The molecule has 3 heteroatoms. The van der Waals surface area contributed by atoms with Crippen molar-refractivity contribution < 1.29 is 4.57 Å². The Hall–Kier alpha value is -1.82. The minimum atomic E-state index is -2.88. The first kappa shape index (κ1) is 15.1. The Morgan fingerprint density at radius 1 is 0.682 bits per heavy atom. The molecule has 0 amide bonds. The summed E-state index contributed by atoms with van der Waals surface area (Å²) in [7, 11) is -2.88. The summed E-state index contributed by atoms with van der Waals surface area (Å²) in [6.07, 6.45) is 0. The second kappa shape index (κ2) is 6.52. The molecule has 0 radical (unpaired) electrons. The van der Waals surface area contributed by atoms with Crippen LogP contribution in [0.5, 0.6) is 0 Å². The molecule has 0 N–H and O–H groups in total. The first-order valence-electron chi connectivity index (χ1n) is 7.12. The van der Waals surface area contributed by atoms with Crippen LogP contribution in [0.4, 0.5) is 0 Å². The maximum atomic E-state index is 14.0. The van der Waals surface area contributed by atoms with Crippen molar-refractivity contribution in [2.75, 3.05) is 0 Å². The lowest BCUT2D eigenvalue weighted by Gasteiger charge is -2.20. The maximum absolute atomic E-state index is 14.0. The second-order valence-electron chi connectivity index (χ2n) is 5.08. The van der Waals surface area contributed by atoms with Crippen molar-refractivity contribution in [2.45, 2.75) is 5.88 Å². The topological polar surface area (TPSA) is 17.1 Å². The summed E-state index contributed by atoms with van der Waals surface area (Å²) in [5.41, 5.74) is 0.978. The molecule has 1 nitrogen and oxygen atoms in total. The van der Waals surface area contributed by atoms with E-state index in [4.69, 9.17) is 11.6 Å². The van der Waals surface area contributed by atoms with Gasteiger partial charge in [0.2, 0.25) is 0 Å². The Labute approximate surface area is 136 Å². The minimum absolute atomic E-state index is 0.414. The van der Waals surface area contributed by atoms with E-state index in [1.165, 1.54) is 0 Å². The highest BCUT2D eigenvalue weighted by Gasteiger charge is 2.29. The van der Waals surface area contributed by atoms with Crippen LogP contribution in [0.15, 0.2) is 84.9 Å². The fourth-order valence-electron chi connectivity index (χ4n) is 2.56. The van der Waals surface area contributed by atoms with Crippen LogP contribution in [-0.4, -0.2) is 0 Å². The minimum Gasteiger partial charge on any atom is -0.309 e. The first-order chi connectivity index (χ1) is 10.7. The van der Waals surface area contributed by atoms with Gasteiger partial charge in [-0.1, -0.05) is 78.9 Å². The highest BCUT2D eigenvalue weighted by Crippen LogP contribution is 2.42. The van der Waals surface area contributed by atoms with E-state index in [0.29, 0.717) is 5.88 Å². The van der Waals surface area contributed by atoms with Gasteiger partial charge in [0.1, 0.15) is 0 Å². The lowest BCUT2D eigenvalue weighted by atomic mass is 10.2. The fraction of sp³-hybridized carbons (Fsp3) is 0.0526. The van der Waals surface area contributed by atoms with Gasteiger partial charge in [0, 0.05) is 21.8 Å². The van der Waals surface area contributed by atoms with E-state index in [1.54, 1.807) is 0 Å². The van der Waals surface area contributed by atoms with E-state index in [0.717, 1.165) is 21.5 Å². The van der Waals surface area contributed by atoms with Crippen molar-refractivity contribution >= 4 is 34.7 Å². The Kier molecular flexibility index (Phi) is 4.47. The predicted molar refractivity (Wildman–Crippen MR) is 95.4 cm³/mol. The molecule has 0 bridgehead atoms. The zero-order valence-electron chi connectivity index (χ0n) is 12.0. The Bertz CT molecular complexity index is 756. The van der Waals surface area contributed by atoms with Gasteiger partial charge in [0.15, 0.2) is 7.14 Å². The number of alkyl halides is 1. The van der Waals surface area contributed by atoms with Crippen molar-refractivity contribution in [3.05, 3.63) is 90.5 Å². The Morgan fingerprint density at radius 2 is 1.18 bits per heavy atom. The molecule has 0 aliphatic carbocycles. The molecule has 0 heterocycles. The third kappa shape index (κ3) is 2.75. The molecule has 0 atom stereocenters. The summed E-state index contributed by atoms with van der Waals surface area (Å²) in [6.45, 7) is 0. The van der Waals surface area contributed by atoms with E-state index < -0.39 is 7.14 Å². The summed E-state index contributed by atoms with van der Waals surface area (Å²) in [5, 5.41) is 2.50. The standard InChI is InChI=1S/C19H16ClOP/c20-15-16-8-7-13-19(14-16)22(21,17-9-3-1-4-10-17)18-11-5-2-6-12-18/h1-14H,15H2. The number of benzene rings is 3. The van der Waals surface area contributed by atoms with Gasteiger partial charge in [-0.05, 0) is 11.6 Å². The van der Waals surface area contributed by atoms with Crippen molar-refractivity contribution in [1.29, 1.82) is 0 Å². The Morgan fingerprint density at radius 3 is 1.68 bits per heavy atom. The van der Waals surface area contributed by atoms with Gasteiger partial charge in [0.05, 0.1) is 0 Å². The number of hydrogen-bond donors (Lipinski definition) is 0. The first-order valence-corrected chi connectivity index (χ1v) is 9.36. The molecular formula is C19H16ClOP. The fourth-order valence-corrected chi connectivity index (χ4v) is 5.45. The molecule has 22 heavy (non-hydrogen) atoms. The number of hydrogen-bond acceptors (Lipinski definition) is 1. The third-order valence-electron chi connectivity index (χ3n) is 3.67. The van der Waals surface area contributed by atoms with Crippen LogP contribution < -0.4 is 15.9 Å². The van der Waals surface area contributed by atoms with Gasteiger partial charge < -0.3 is 4.57 Å². The van der Waals surface area contributed by atoms with Gasteiger partial charge in [-0.25, -0.2) is 0 Å². The average Bonchev–Trinajstić information content (AvgIpc) is 2.62. The molecule has 0 saturated heterocycles. The number of rotatable bonds is 4. The number of halogens is 1. The molecule has 0 saturated carbocycles. The van der Waals surface area contributed by atoms with Crippen LogP contribution in [-0.2, 0) is 10.4 Å².